The van der Waals surface area contributed by atoms with Crippen LogP contribution in [0.2, 0.25) is 5.02 Å². The molecule has 3 heterocycles. The second-order valence-corrected chi connectivity index (χ2v) is 8.81. The van der Waals surface area contributed by atoms with Gasteiger partial charge in [-0.2, -0.15) is 0 Å². The van der Waals surface area contributed by atoms with Crippen LogP contribution in [0.25, 0.3) is 10.9 Å². The number of carboxylic acids is 1. The summed E-state index contributed by atoms with van der Waals surface area (Å²) in [5.74, 6) is -1.52. The minimum absolute atomic E-state index is 0.136. The Balaban J connectivity index is 1.75. The Kier molecular flexibility index (Phi) is 3.93. The molecular weight excluding hydrogens is 401 g/mol. The highest BCUT2D eigenvalue weighted by molar-refractivity contribution is 6.36. The van der Waals surface area contributed by atoms with Crippen LogP contribution < -0.4 is 20.9 Å². The van der Waals surface area contributed by atoms with E-state index in [-0.39, 0.29) is 39.9 Å². The number of carboxylic acid groups (broad SMARTS) is 1. The summed E-state index contributed by atoms with van der Waals surface area (Å²) >= 11 is 6.36. The van der Waals surface area contributed by atoms with E-state index in [4.69, 9.17) is 22.1 Å². The average Bonchev–Trinajstić information content (AvgIpc) is 3.23. The number of aromatic nitrogens is 1. The third-order valence-corrected chi connectivity index (χ3v) is 6.96. The minimum Gasteiger partial charge on any atom is -0.487 e. The lowest BCUT2D eigenvalue weighted by Crippen LogP contribution is -2.36. The minimum atomic E-state index is -1.37. The number of halogens is 2. The van der Waals surface area contributed by atoms with Crippen molar-refractivity contribution in [1.29, 1.82) is 0 Å². The molecule has 0 radical (unpaired) electrons. The van der Waals surface area contributed by atoms with E-state index in [2.05, 4.69) is 0 Å². The maximum absolute atomic E-state index is 15.4. The number of ether oxygens (including phenoxy) is 1. The van der Waals surface area contributed by atoms with Crippen molar-refractivity contribution in [2.45, 2.75) is 37.8 Å². The number of nitrogens with two attached hydrogens (primary N) is 1. The molecule has 5 rings (SSSR count). The lowest BCUT2D eigenvalue weighted by atomic mass is 9.97. The van der Waals surface area contributed by atoms with Crippen LogP contribution in [-0.2, 0) is 0 Å². The summed E-state index contributed by atoms with van der Waals surface area (Å²) in [5, 5.41) is 9.38. The van der Waals surface area contributed by atoms with Gasteiger partial charge in [-0.1, -0.05) is 11.6 Å². The van der Waals surface area contributed by atoms with Gasteiger partial charge in [0.25, 0.3) is 5.56 Å². The summed E-state index contributed by atoms with van der Waals surface area (Å²) in [6.07, 6.45) is 2.81. The fourth-order valence-electron chi connectivity index (χ4n) is 4.73. The van der Waals surface area contributed by atoms with Crippen LogP contribution in [0.4, 0.5) is 10.1 Å². The van der Waals surface area contributed by atoms with Gasteiger partial charge in [0, 0.05) is 24.0 Å². The van der Waals surface area contributed by atoms with Crippen LogP contribution in [0.5, 0.6) is 5.75 Å². The van der Waals surface area contributed by atoms with Gasteiger partial charge in [-0.3, -0.25) is 9.36 Å². The van der Waals surface area contributed by atoms with Gasteiger partial charge < -0.3 is 20.5 Å². The predicted molar refractivity (Wildman–Crippen MR) is 107 cm³/mol. The van der Waals surface area contributed by atoms with Gasteiger partial charge in [0.15, 0.2) is 11.6 Å². The molecule has 2 fully saturated rings. The number of rotatable bonds is 3. The smallest absolute Gasteiger partial charge is 0.341 e. The number of carbonyl (C=O) groups is 1. The molecular formula is C20H21ClFN3O4. The van der Waals surface area contributed by atoms with E-state index in [1.54, 1.807) is 6.92 Å². The van der Waals surface area contributed by atoms with Crippen LogP contribution >= 0.6 is 11.6 Å². The highest BCUT2D eigenvalue weighted by Crippen LogP contribution is 2.49. The Hall–Kier alpha value is -2.32. The van der Waals surface area contributed by atoms with E-state index >= 15 is 4.39 Å². The molecule has 1 aliphatic carbocycles. The first-order valence-corrected chi connectivity index (χ1v) is 10.1. The Bertz CT molecular complexity index is 1130. The predicted octanol–water partition coefficient (Wildman–Crippen LogP) is 2.76. The third kappa shape index (κ3) is 2.58. The monoisotopic (exact) mass is 421 g/mol. The first-order chi connectivity index (χ1) is 13.7. The van der Waals surface area contributed by atoms with Crippen LogP contribution in [0.15, 0.2) is 10.9 Å². The quantitative estimate of drug-likeness (QED) is 0.790. The van der Waals surface area contributed by atoms with Crippen LogP contribution in [0.1, 0.15) is 42.6 Å². The van der Waals surface area contributed by atoms with Crippen molar-refractivity contribution in [1.82, 2.24) is 4.57 Å². The van der Waals surface area contributed by atoms with Gasteiger partial charge in [-0.05, 0) is 38.2 Å². The van der Waals surface area contributed by atoms with E-state index in [1.165, 1.54) is 4.57 Å². The summed E-state index contributed by atoms with van der Waals surface area (Å²) in [7, 11) is 0. The van der Waals surface area contributed by atoms with Gasteiger partial charge in [0.1, 0.15) is 17.9 Å². The molecule has 1 saturated heterocycles. The lowest BCUT2D eigenvalue weighted by molar-refractivity contribution is 0.0694. The normalized spacial score (nSPS) is 24.6. The molecule has 3 N–H and O–H groups in total. The molecule has 7 nitrogen and oxygen atoms in total. The highest BCUT2D eigenvalue weighted by atomic mass is 35.5. The van der Waals surface area contributed by atoms with Crippen molar-refractivity contribution < 1.29 is 19.0 Å². The summed E-state index contributed by atoms with van der Waals surface area (Å²) in [4.78, 5) is 26.3. The average molecular weight is 422 g/mol. The van der Waals surface area contributed by atoms with Crippen molar-refractivity contribution in [3.8, 4) is 5.75 Å². The molecule has 1 aromatic carbocycles. The second kappa shape index (κ2) is 6.09. The number of hydrogen-bond acceptors (Lipinski definition) is 5. The zero-order valence-corrected chi connectivity index (χ0v) is 16.6. The molecule has 1 aromatic heterocycles. The lowest BCUT2D eigenvalue weighted by Gasteiger charge is -2.31. The third-order valence-electron chi connectivity index (χ3n) is 6.59. The summed E-state index contributed by atoms with van der Waals surface area (Å²) in [5.41, 5.74) is 5.69. The Morgan fingerprint density at radius 1 is 1.45 bits per heavy atom. The van der Waals surface area contributed by atoms with Crippen molar-refractivity contribution >= 4 is 34.2 Å². The topological polar surface area (TPSA) is 97.8 Å². The van der Waals surface area contributed by atoms with Crippen LogP contribution in [0.3, 0.4) is 0 Å². The zero-order chi connectivity index (χ0) is 20.7. The molecule has 3 aliphatic rings. The second-order valence-electron chi connectivity index (χ2n) is 8.43. The van der Waals surface area contributed by atoms with E-state index < -0.39 is 29.0 Å². The van der Waals surface area contributed by atoms with E-state index in [9.17, 15) is 14.7 Å². The molecule has 29 heavy (non-hydrogen) atoms. The van der Waals surface area contributed by atoms with Crippen LogP contribution in [-0.4, -0.2) is 40.9 Å². The van der Waals surface area contributed by atoms with Crippen molar-refractivity contribution in [2.24, 2.45) is 11.7 Å². The first kappa shape index (κ1) is 18.7. The van der Waals surface area contributed by atoms with Gasteiger partial charge >= 0.3 is 5.97 Å². The fourth-order valence-corrected chi connectivity index (χ4v) is 4.96. The molecule has 0 amide bonds. The first-order valence-electron chi connectivity index (χ1n) is 9.73. The highest BCUT2D eigenvalue weighted by Gasteiger charge is 2.48. The van der Waals surface area contributed by atoms with Gasteiger partial charge in [0.2, 0.25) is 0 Å². The number of pyridine rings is 1. The largest absolute Gasteiger partial charge is 0.487 e. The summed E-state index contributed by atoms with van der Waals surface area (Å²) < 4.78 is 22.7. The number of nitrogens with zero attached hydrogens (tertiary/aromatic N) is 2. The maximum atomic E-state index is 15.4. The molecule has 0 spiro atoms. The van der Waals surface area contributed by atoms with Crippen molar-refractivity contribution in [3.05, 3.63) is 32.8 Å². The standard InChI is InChI=1S/C20H21ClFN3O4/c1-9-8-29-17-15-11(6-12(19(27)28)18(26)25(9)15)13(21)14(22)16(17)24-5-2-10(7-24)20(23)3-4-20/h6,9-10H,2-5,7-8,23H2,1H3,(H,27,28)/t9-,10+/m0/s1. The molecule has 2 aromatic rings. The Morgan fingerprint density at radius 2 is 2.17 bits per heavy atom. The van der Waals surface area contributed by atoms with Crippen molar-refractivity contribution in [3.63, 3.8) is 0 Å². The molecule has 9 heteroatoms. The van der Waals surface area contributed by atoms with Gasteiger partial charge in [0.05, 0.1) is 16.6 Å². The SMILES string of the molecule is C[C@H]1COc2c(N3CC[C@@H](C4(N)CC4)C3)c(F)c(Cl)c3cc(C(=O)O)c(=O)n1c23. The summed E-state index contributed by atoms with van der Waals surface area (Å²) in [6.45, 7) is 3.10. The zero-order valence-electron chi connectivity index (χ0n) is 15.9. The van der Waals surface area contributed by atoms with E-state index in [0.29, 0.717) is 18.6 Å². The van der Waals surface area contributed by atoms with Crippen molar-refractivity contribution in [2.75, 3.05) is 24.6 Å². The number of anilines is 1. The number of aromatic carboxylic acids is 1. The molecule has 1 saturated carbocycles. The molecule has 2 aliphatic heterocycles. The van der Waals surface area contributed by atoms with E-state index in [1.807, 2.05) is 4.90 Å². The summed E-state index contributed by atoms with van der Waals surface area (Å²) in [6, 6.07) is 0.735. The maximum Gasteiger partial charge on any atom is 0.341 e. The Labute approximate surface area is 170 Å². The number of benzene rings is 1. The molecule has 2 atom stereocenters. The van der Waals surface area contributed by atoms with Gasteiger partial charge in [-0.15, -0.1) is 0 Å². The van der Waals surface area contributed by atoms with E-state index in [0.717, 1.165) is 25.3 Å². The Morgan fingerprint density at radius 3 is 2.83 bits per heavy atom. The fraction of sp³-hybridized carbons (Fsp3) is 0.500. The van der Waals surface area contributed by atoms with Gasteiger partial charge in [-0.25, -0.2) is 9.18 Å². The number of hydrogen-bond donors (Lipinski definition) is 2. The van der Waals surface area contributed by atoms with Crippen LogP contribution in [0, 0.1) is 11.7 Å². The molecule has 0 unspecified atom stereocenters. The molecule has 0 bridgehead atoms. The molecule has 154 valence electrons.